The zero-order chi connectivity index (χ0) is 22.3. The number of anilines is 3. The molecule has 0 saturated carbocycles. The fourth-order valence-electron chi connectivity index (χ4n) is 3.82. The van der Waals surface area contributed by atoms with E-state index in [2.05, 4.69) is 25.7 Å². The molecule has 4 heterocycles. The van der Waals surface area contributed by atoms with E-state index in [1.165, 1.54) is 0 Å². The standard InChI is InChI=1S/C19H24F3N7O2/c1-10-15-16(28(3)11(2)17(30)26-15)27-18(24-10)25-12-8-13(31-9-12)5-7-29-14(4-6-23-29)19(20,21)22/h4,6,11-13H,5,7-9H2,1-3H3,(H,26,30)(H,24,25,27)/t11-,12+,13+/m0/s1. The van der Waals surface area contributed by atoms with Gasteiger partial charge in [0, 0.05) is 19.8 Å². The fraction of sp³-hybridized carbons (Fsp3) is 0.579. The molecule has 0 unspecified atom stereocenters. The molecule has 12 heteroatoms. The van der Waals surface area contributed by atoms with E-state index in [9.17, 15) is 18.0 Å². The van der Waals surface area contributed by atoms with E-state index in [4.69, 9.17) is 4.74 Å². The van der Waals surface area contributed by atoms with Crippen molar-refractivity contribution in [3.63, 3.8) is 0 Å². The van der Waals surface area contributed by atoms with Crippen molar-refractivity contribution in [2.75, 3.05) is 29.2 Å². The molecule has 2 aromatic heterocycles. The molecule has 1 amide bonds. The lowest BCUT2D eigenvalue weighted by molar-refractivity contribution is -0.144. The number of likely N-dealkylation sites (N-methyl/N-ethyl adjacent to an activating group) is 1. The number of nitrogens with zero attached hydrogens (tertiary/aromatic N) is 5. The zero-order valence-corrected chi connectivity index (χ0v) is 17.4. The van der Waals surface area contributed by atoms with E-state index in [-0.39, 0.29) is 30.6 Å². The van der Waals surface area contributed by atoms with E-state index in [1.807, 2.05) is 0 Å². The summed E-state index contributed by atoms with van der Waals surface area (Å²) in [4.78, 5) is 22.8. The molecule has 1 saturated heterocycles. The predicted molar refractivity (Wildman–Crippen MR) is 107 cm³/mol. The van der Waals surface area contributed by atoms with Crippen molar-refractivity contribution in [3.8, 4) is 0 Å². The van der Waals surface area contributed by atoms with Gasteiger partial charge in [0.2, 0.25) is 11.9 Å². The third kappa shape index (κ3) is 4.29. The molecule has 31 heavy (non-hydrogen) atoms. The van der Waals surface area contributed by atoms with E-state index in [0.717, 1.165) is 16.9 Å². The van der Waals surface area contributed by atoms with Crippen LogP contribution in [-0.4, -0.2) is 57.5 Å². The van der Waals surface area contributed by atoms with Gasteiger partial charge in [-0.1, -0.05) is 0 Å². The third-order valence-corrected chi connectivity index (χ3v) is 5.70. The highest BCUT2D eigenvalue weighted by Crippen LogP contribution is 2.33. The van der Waals surface area contributed by atoms with Crippen LogP contribution in [-0.2, 0) is 22.3 Å². The van der Waals surface area contributed by atoms with Crippen molar-refractivity contribution >= 4 is 23.4 Å². The Morgan fingerprint density at radius 3 is 2.87 bits per heavy atom. The molecule has 168 valence electrons. The minimum Gasteiger partial charge on any atom is -0.376 e. The SMILES string of the molecule is Cc1nc(N[C@H]2CO[C@H](CCn3nccc3C(F)(F)F)C2)nc2c1NC(=O)[C@H](C)N2C. The zero-order valence-electron chi connectivity index (χ0n) is 17.4. The number of halogens is 3. The molecule has 0 aromatic carbocycles. The van der Waals surface area contributed by atoms with Crippen LogP contribution in [0.25, 0.3) is 0 Å². The van der Waals surface area contributed by atoms with Crippen molar-refractivity contribution < 1.29 is 22.7 Å². The Bertz CT molecular complexity index is 978. The maximum absolute atomic E-state index is 13.0. The van der Waals surface area contributed by atoms with Gasteiger partial charge >= 0.3 is 6.18 Å². The number of nitrogens with one attached hydrogen (secondary N) is 2. The summed E-state index contributed by atoms with van der Waals surface area (Å²) >= 11 is 0. The first kappa shape index (κ1) is 21.3. The highest BCUT2D eigenvalue weighted by molar-refractivity contribution is 6.03. The molecule has 3 atom stereocenters. The molecule has 2 aliphatic heterocycles. The van der Waals surface area contributed by atoms with Crippen molar-refractivity contribution in [1.29, 1.82) is 0 Å². The second-order valence-electron chi connectivity index (χ2n) is 7.87. The second-order valence-corrected chi connectivity index (χ2v) is 7.87. The maximum atomic E-state index is 13.0. The Labute approximate surface area is 177 Å². The number of carbonyl (C=O) groups is 1. The molecular weight excluding hydrogens is 415 g/mol. The predicted octanol–water partition coefficient (Wildman–Crippen LogP) is 2.44. The van der Waals surface area contributed by atoms with Gasteiger partial charge in [0.05, 0.1) is 24.4 Å². The average Bonchev–Trinajstić information content (AvgIpc) is 3.35. The number of alkyl halides is 3. The lowest BCUT2D eigenvalue weighted by Gasteiger charge is -2.32. The number of aromatic nitrogens is 4. The van der Waals surface area contributed by atoms with Gasteiger partial charge in [0.25, 0.3) is 0 Å². The number of hydrogen-bond acceptors (Lipinski definition) is 7. The third-order valence-electron chi connectivity index (χ3n) is 5.70. The van der Waals surface area contributed by atoms with Crippen molar-refractivity contribution in [1.82, 2.24) is 19.7 Å². The number of rotatable bonds is 5. The Hall–Kier alpha value is -2.89. The second kappa shape index (κ2) is 7.98. The molecule has 0 bridgehead atoms. The number of hydrogen-bond donors (Lipinski definition) is 2. The monoisotopic (exact) mass is 439 g/mol. The van der Waals surface area contributed by atoms with Crippen molar-refractivity contribution in [2.45, 2.75) is 57.6 Å². The van der Waals surface area contributed by atoms with Gasteiger partial charge in [-0.15, -0.1) is 0 Å². The Morgan fingerprint density at radius 1 is 1.35 bits per heavy atom. The maximum Gasteiger partial charge on any atom is 0.433 e. The van der Waals surface area contributed by atoms with Crippen LogP contribution in [0.4, 0.5) is 30.6 Å². The van der Waals surface area contributed by atoms with Gasteiger partial charge in [-0.25, -0.2) is 4.98 Å². The van der Waals surface area contributed by atoms with Crippen LogP contribution in [0.5, 0.6) is 0 Å². The van der Waals surface area contributed by atoms with Crippen LogP contribution in [0, 0.1) is 6.92 Å². The summed E-state index contributed by atoms with van der Waals surface area (Å²) in [7, 11) is 1.80. The number of ether oxygens (including phenoxy) is 1. The van der Waals surface area contributed by atoms with Gasteiger partial charge < -0.3 is 20.3 Å². The van der Waals surface area contributed by atoms with Crippen LogP contribution in [0.15, 0.2) is 12.3 Å². The molecule has 0 aliphatic carbocycles. The van der Waals surface area contributed by atoms with Crippen LogP contribution < -0.4 is 15.5 Å². The molecule has 2 aliphatic rings. The van der Waals surface area contributed by atoms with E-state index >= 15 is 0 Å². The Balaban J connectivity index is 1.37. The smallest absolute Gasteiger partial charge is 0.376 e. The summed E-state index contributed by atoms with van der Waals surface area (Å²) < 4.78 is 45.6. The van der Waals surface area contributed by atoms with Gasteiger partial charge in [-0.05, 0) is 32.8 Å². The first-order valence-electron chi connectivity index (χ1n) is 10.0. The summed E-state index contributed by atoms with van der Waals surface area (Å²) in [6.45, 7) is 4.11. The van der Waals surface area contributed by atoms with Crippen LogP contribution in [0.1, 0.15) is 31.2 Å². The van der Waals surface area contributed by atoms with Crippen LogP contribution >= 0.6 is 0 Å². The quantitative estimate of drug-likeness (QED) is 0.739. The summed E-state index contributed by atoms with van der Waals surface area (Å²) in [5, 5.41) is 9.85. The highest BCUT2D eigenvalue weighted by Gasteiger charge is 2.35. The van der Waals surface area contributed by atoms with Gasteiger partial charge in [0.15, 0.2) is 5.82 Å². The summed E-state index contributed by atoms with van der Waals surface area (Å²) in [6, 6.07) is 0.552. The first-order chi connectivity index (χ1) is 14.6. The number of fused-ring (bicyclic) bond motifs is 1. The number of amides is 1. The molecule has 9 nitrogen and oxygen atoms in total. The minimum atomic E-state index is -4.43. The van der Waals surface area contributed by atoms with Crippen LogP contribution in [0.2, 0.25) is 0 Å². The Morgan fingerprint density at radius 2 is 2.13 bits per heavy atom. The van der Waals surface area contributed by atoms with Gasteiger partial charge in [-0.3, -0.25) is 9.48 Å². The van der Waals surface area contributed by atoms with E-state index in [0.29, 0.717) is 42.6 Å². The highest BCUT2D eigenvalue weighted by atomic mass is 19.4. The van der Waals surface area contributed by atoms with E-state index in [1.54, 1.807) is 25.8 Å². The Kier molecular flexibility index (Phi) is 5.50. The average molecular weight is 439 g/mol. The first-order valence-corrected chi connectivity index (χ1v) is 10.0. The largest absolute Gasteiger partial charge is 0.433 e. The van der Waals surface area contributed by atoms with E-state index < -0.39 is 11.9 Å². The molecule has 0 spiro atoms. The number of carbonyl (C=O) groups excluding carboxylic acids is 1. The number of aryl methyl sites for hydroxylation is 2. The summed E-state index contributed by atoms with van der Waals surface area (Å²) in [5.74, 6) is 0.948. The lowest BCUT2D eigenvalue weighted by Crippen LogP contribution is -2.45. The lowest BCUT2D eigenvalue weighted by atomic mass is 10.1. The van der Waals surface area contributed by atoms with Gasteiger partial charge in [-0.2, -0.15) is 23.3 Å². The molecule has 2 N–H and O–H groups in total. The summed E-state index contributed by atoms with van der Waals surface area (Å²) in [6.07, 6.45) is -2.44. The topological polar surface area (TPSA) is 97.2 Å². The van der Waals surface area contributed by atoms with Gasteiger partial charge in [0.1, 0.15) is 17.4 Å². The molecule has 2 aromatic rings. The van der Waals surface area contributed by atoms with Crippen LogP contribution in [0.3, 0.4) is 0 Å². The fourth-order valence-corrected chi connectivity index (χ4v) is 3.82. The van der Waals surface area contributed by atoms with Crippen molar-refractivity contribution in [3.05, 3.63) is 23.7 Å². The molecule has 0 radical (unpaired) electrons. The van der Waals surface area contributed by atoms with Crippen molar-refractivity contribution in [2.24, 2.45) is 0 Å². The normalized spacial score (nSPS) is 23.6. The minimum absolute atomic E-state index is 0.0666. The molecular formula is C19H24F3N7O2. The molecule has 4 rings (SSSR count). The molecule has 1 fully saturated rings. The summed E-state index contributed by atoms with van der Waals surface area (Å²) in [5.41, 5.74) is 0.480.